The molecule has 34 heavy (non-hydrogen) atoms. The van der Waals surface area contributed by atoms with Crippen molar-refractivity contribution in [3.8, 4) is 11.1 Å². The van der Waals surface area contributed by atoms with E-state index >= 15 is 0 Å². The minimum Gasteiger partial charge on any atom is -0.356 e. The van der Waals surface area contributed by atoms with Gasteiger partial charge in [0.1, 0.15) is 5.82 Å². The van der Waals surface area contributed by atoms with Gasteiger partial charge in [0.2, 0.25) is 5.91 Å². The van der Waals surface area contributed by atoms with Crippen LogP contribution >= 0.6 is 0 Å². The van der Waals surface area contributed by atoms with Crippen LogP contribution in [0, 0.1) is 19.8 Å². The number of hydrogen-bond acceptors (Lipinski definition) is 4. The molecule has 1 fully saturated rings. The quantitative estimate of drug-likeness (QED) is 0.534. The van der Waals surface area contributed by atoms with Gasteiger partial charge in [-0.25, -0.2) is 4.98 Å². The molecule has 176 valence electrons. The molecule has 0 bridgehead atoms. The average Bonchev–Trinajstić information content (AvgIpc) is 3.20. The minimum atomic E-state index is -4.38. The van der Waals surface area contributed by atoms with Crippen LogP contribution in [0.3, 0.4) is 0 Å². The SMILES string of the molecule is Cc1cc(C)c2c(n1)CN(C(=O)CC1CN(c3ccc(-c4cccc(C(F)(F)F)c4)cn3)C1)C2. The molecule has 2 aliphatic rings. The second-order valence-electron chi connectivity index (χ2n) is 9.21. The van der Waals surface area contributed by atoms with Crippen molar-refractivity contribution in [2.45, 2.75) is 39.5 Å². The Morgan fingerprint density at radius 1 is 1.06 bits per heavy atom. The second-order valence-corrected chi connectivity index (χ2v) is 9.21. The van der Waals surface area contributed by atoms with Gasteiger partial charge in [0, 0.05) is 49.4 Å². The number of aryl methyl sites for hydroxylation is 2. The van der Waals surface area contributed by atoms with E-state index in [0.29, 0.717) is 30.6 Å². The summed E-state index contributed by atoms with van der Waals surface area (Å²) in [6.45, 7) is 6.71. The van der Waals surface area contributed by atoms with Gasteiger partial charge < -0.3 is 9.80 Å². The molecule has 3 aromatic rings. The molecule has 1 amide bonds. The number of amides is 1. The zero-order valence-corrected chi connectivity index (χ0v) is 19.1. The second kappa shape index (κ2) is 8.42. The standard InChI is InChI=1S/C26H25F3N4O/c1-16-8-17(2)31-23-15-33(14-22(16)23)25(34)9-18-12-32(13-18)24-7-6-20(11-30-24)19-4-3-5-21(10-19)26(27,28)29/h3-8,10-11,18H,9,12-15H2,1-2H3. The molecule has 0 atom stereocenters. The van der Waals surface area contributed by atoms with Crippen molar-refractivity contribution in [1.82, 2.24) is 14.9 Å². The smallest absolute Gasteiger partial charge is 0.356 e. The van der Waals surface area contributed by atoms with Crippen LogP contribution < -0.4 is 4.90 Å². The predicted molar refractivity (Wildman–Crippen MR) is 123 cm³/mol. The molecule has 0 radical (unpaired) electrons. The maximum Gasteiger partial charge on any atom is 0.416 e. The molecule has 1 saturated heterocycles. The summed E-state index contributed by atoms with van der Waals surface area (Å²) in [5.41, 5.74) is 4.78. The van der Waals surface area contributed by atoms with Crippen LogP contribution in [0.4, 0.5) is 19.0 Å². The summed E-state index contributed by atoms with van der Waals surface area (Å²) in [7, 11) is 0. The summed E-state index contributed by atoms with van der Waals surface area (Å²) in [4.78, 5) is 25.8. The fourth-order valence-corrected chi connectivity index (χ4v) is 4.77. The van der Waals surface area contributed by atoms with E-state index in [1.165, 1.54) is 17.2 Å². The maximum absolute atomic E-state index is 13.0. The largest absolute Gasteiger partial charge is 0.416 e. The van der Waals surface area contributed by atoms with E-state index in [0.717, 1.165) is 42.4 Å². The van der Waals surface area contributed by atoms with E-state index in [4.69, 9.17) is 0 Å². The molecule has 2 aliphatic heterocycles. The van der Waals surface area contributed by atoms with Gasteiger partial charge in [-0.1, -0.05) is 12.1 Å². The van der Waals surface area contributed by atoms with Crippen molar-refractivity contribution in [3.63, 3.8) is 0 Å². The molecule has 5 nitrogen and oxygen atoms in total. The third kappa shape index (κ3) is 4.36. The Kier molecular flexibility index (Phi) is 5.54. The van der Waals surface area contributed by atoms with Crippen LogP contribution in [0.2, 0.25) is 0 Å². The first-order chi connectivity index (χ1) is 16.2. The normalized spacial score (nSPS) is 15.9. The first-order valence-corrected chi connectivity index (χ1v) is 11.3. The van der Waals surface area contributed by atoms with Crippen molar-refractivity contribution in [2.24, 2.45) is 5.92 Å². The molecule has 0 N–H and O–H groups in total. The third-order valence-corrected chi connectivity index (χ3v) is 6.62. The lowest BCUT2D eigenvalue weighted by Crippen LogP contribution is -2.49. The molecule has 5 rings (SSSR count). The summed E-state index contributed by atoms with van der Waals surface area (Å²) >= 11 is 0. The third-order valence-electron chi connectivity index (χ3n) is 6.62. The van der Waals surface area contributed by atoms with Gasteiger partial charge in [-0.05, 0) is 60.9 Å². The number of halogens is 3. The van der Waals surface area contributed by atoms with Gasteiger partial charge in [-0.15, -0.1) is 0 Å². The molecule has 8 heteroatoms. The topological polar surface area (TPSA) is 49.3 Å². The average molecular weight is 467 g/mol. The number of rotatable bonds is 4. The molecule has 1 aromatic carbocycles. The number of carbonyl (C=O) groups is 1. The molecule has 4 heterocycles. The lowest BCUT2D eigenvalue weighted by molar-refractivity contribution is -0.137. The van der Waals surface area contributed by atoms with Crippen LogP contribution in [0.15, 0.2) is 48.7 Å². The highest BCUT2D eigenvalue weighted by Gasteiger charge is 2.33. The van der Waals surface area contributed by atoms with E-state index in [9.17, 15) is 18.0 Å². The number of nitrogens with zero attached hydrogens (tertiary/aromatic N) is 4. The van der Waals surface area contributed by atoms with Crippen LogP contribution in [0.1, 0.15) is 34.5 Å². The van der Waals surface area contributed by atoms with Gasteiger partial charge in [0.25, 0.3) is 0 Å². The number of carbonyl (C=O) groups excluding carboxylic acids is 1. The Labute approximate surface area is 196 Å². The summed E-state index contributed by atoms with van der Waals surface area (Å²) in [5.74, 6) is 1.17. The van der Waals surface area contributed by atoms with Crippen LogP contribution in [0.25, 0.3) is 11.1 Å². The fraction of sp³-hybridized carbons (Fsp3) is 0.346. The molecule has 0 unspecified atom stereocenters. The van der Waals surface area contributed by atoms with Crippen molar-refractivity contribution in [2.75, 3.05) is 18.0 Å². The van der Waals surface area contributed by atoms with Gasteiger partial charge in [0.05, 0.1) is 17.8 Å². The molecule has 2 aromatic heterocycles. The number of pyridine rings is 2. The summed E-state index contributed by atoms with van der Waals surface area (Å²) in [5, 5.41) is 0. The highest BCUT2D eigenvalue weighted by atomic mass is 19.4. The van der Waals surface area contributed by atoms with E-state index in [1.54, 1.807) is 18.3 Å². The first-order valence-electron chi connectivity index (χ1n) is 11.3. The molecule has 0 saturated carbocycles. The van der Waals surface area contributed by atoms with E-state index in [1.807, 2.05) is 17.9 Å². The van der Waals surface area contributed by atoms with Gasteiger partial charge >= 0.3 is 6.18 Å². The number of fused-ring (bicyclic) bond motifs is 1. The lowest BCUT2D eigenvalue weighted by atomic mass is 9.95. The zero-order chi connectivity index (χ0) is 24.0. The van der Waals surface area contributed by atoms with Crippen molar-refractivity contribution in [3.05, 3.63) is 76.7 Å². The van der Waals surface area contributed by atoms with Gasteiger partial charge in [-0.3, -0.25) is 9.78 Å². The Morgan fingerprint density at radius 2 is 1.85 bits per heavy atom. The maximum atomic E-state index is 13.0. The Balaban J connectivity index is 1.16. The van der Waals surface area contributed by atoms with E-state index in [-0.39, 0.29) is 11.8 Å². The van der Waals surface area contributed by atoms with Crippen molar-refractivity contribution < 1.29 is 18.0 Å². The number of alkyl halides is 3. The van der Waals surface area contributed by atoms with Crippen LogP contribution in [0.5, 0.6) is 0 Å². The highest BCUT2D eigenvalue weighted by Crippen LogP contribution is 2.33. The Morgan fingerprint density at radius 3 is 2.56 bits per heavy atom. The number of anilines is 1. The predicted octanol–water partition coefficient (Wildman–Crippen LogP) is 5.15. The molecule has 0 aliphatic carbocycles. The molecule has 0 spiro atoms. The lowest BCUT2D eigenvalue weighted by Gasteiger charge is -2.40. The minimum absolute atomic E-state index is 0.146. The van der Waals surface area contributed by atoms with Crippen LogP contribution in [-0.4, -0.2) is 33.9 Å². The summed E-state index contributed by atoms with van der Waals surface area (Å²) in [6.07, 6.45) is -2.29. The fourth-order valence-electron chi connectivity index (χ4n) is 4.77. The Bertz CT molecular complexity index is 1230. The monoisotopic (exact) mass is 466 g/mol. The highest BCUT2D eigenvalue weighted by molar-refractivity contribution is 5.77. The number of hydrogen-bond donors (Lipinski definition) is 0. The molecular weight excluding hydrogens is 441 g/mol. The van der Waals surface area contributed by atoms with Gasteiger partial charge in [-0.2, -0.15) is 13.2 Å². The van der Waals surface area contributed by atoms with E-state index in [2.05, 4.69) is 27.9 Å². The first kappa shape index (κ1) is 22.4. The number of aromatic nitrogens is 2. The zero-order valence-electron chi connectivity index (χ0n) is 19.1. The van der Waals surface area contributed by atoms with E-state index < -0.39 is 11.7 Å². The number of benzene rings is 1. The molecular formula is C26H25F3N4O. The summed E-state index contributed by atoms with van der Waals surface area (Å²) < 4.78 is 38.9. The summed E-state index contributed by atoms with van der Waals surface area (Å²) in [6, 6.07) is 10.9. The van der Waals surface area contributed by atoms with Crippen LogP contribution in [-0.2, 0) is 24.1 Å². The Hall–Kier alpha value is -3.42. The van der Waals surface area contributed by atoms with Crippen molar-refractivity contribution >= 4 is 11.7 Å². The van der Waals surface area contributed by atoms with Gasteiger partial charge in [0.15, 0.2) is 0 Å². The van der Waals surface area contributed by atoms with Crippen molar-refractivity contribution in [1.29, 1.82) is 0 Å².